The molecule has 6 heteroatoms. The fourth-order valence-electron chi connectivity index (χ4n) is 1.22. The average molecular weight is 246 g/mol. The van der Waals surface area contributed by atoms with Gasteiger partial charge in [-0.15, -0.1) is 0 Å². The van der Waals surface area contributed by atoms with Gasteiger partial charge in [0.15, 0.2) is 0 Å². The zero-order valence-corrected chi connectivity index (χ0v) is 12.4. The molecule has 1 unspecified atom stereocenters. The molecule has 0 aliphatic heterocycles. The third-order valence-corrected chi connectivity index (χ3v) is 2.94. The van der Waals surface area contributed by atoms with Crippen LogP contribution in [0.25, 0.3) is 0 Å². The molecule has 15 heavy (non-hydrogen) atoms. The molecular formula is C9H19NaO4S. The molecular weight excluding hydrogens is 227 g/mol. The van der Waals surface area contributed by atoms with E-state index in [4.69, 9.17) is 0 Å². The summed E-state index contributed by atoms with van der Waals surface area (Å²) in [4.78, 5) is 0. The van der Waals surface area contributed by atoms with Crippen LogP contribution in [-0.2, 0) is 10.1 Å². The van der Waals surface area contributed by atoms with E-state index in [1.165, 1.54) is 0 Å². The van der Waals surface area contributed by atoms with E-state index in [0.29, 0.717) is 6.42 Å². The van der Waals surface area contributed by atoms with E-state index in [1.54, 1.807) is 0 Å². The summed E-state index contributed by atoms with van der Waals surface area (Å²) >= 11 is 0. The Hall–Kier alpha value is 0.870. The first-order chi connectivity index (χ1) is 6.45. The zero-order chi connectivity index (χ0) is 11.0. The van der Waals surface area contributed by atoms with Crippen LogP contribution in [0.3, 0.4) is 0 Å². The first kappa shape index (κ1) is 18.2. The van der Waals surface area contributed by atoms with Crippen molar-refractivity contribution in [3.63, 3.8) is 0 Å². The van der Waals surface area contributed by atoms with Gasteiger partial charge in [0, 0.05) is 5.75 Å². The van der Waals surface area contributed by atoms with Crippen molar-refractivity contribution in [2.45, 2.75) is 51.6 Å². The molecule has 1 N–H and O–H groups in total. The predicted molar refractivity (Wildman–Crippen MR) is 53.9 cm³/mol. The van der Waals surface area contributed by atoms with Gasteiger partial charge in [-0.2, -0.15) is 0 Å². The Morgan fingerprint density at radius 1 is 1.20 bits per heavy atom. The quantitative estimate of drug-likeness (QED) is 0.313. The molecule has 0 amide bonds. The monoisotopic (exact) mass is 246 g/mol. The summed E-state index contributed by atoms with van der Waals surface area (Å²) in [6, 6.07) is 0. The molecule has 0 aromatic heterocycles. The molecule has 0 aromatic rings. The van der Waals surface area contributed by atoms with Crippen molar-refractivity contribution in [2.24, 2.45) is 0 Å². The predicted octanol–water partition coefficient (Wildman–Crippen LogP) is -1.74. The Bertz CT molecular complexity index is 228. The molecule has 0 aromatic carbocycles. The largest absolute Gasteiger partial charge is 1.00 e. The Labute approximate surface area is 114 Å². The van der Waals surface area contributed by atoms with Crippen LogP contribution >= 0.6 is 0 Å². The smallest absolute Gasteiger partial charge is 0.748 e. The summed E-state index contributed by atoms with van der Waals surface area (Å²) < 4.78 is 30.7. The summed E-state index contributed by atoms with van der Waals surface area (Å²) in [6.07, 6.45) is 4.25. The number of hydrogen-bond donors (Lipinski definition) is 1. The third kappa shape index (κ3) is 14.9. The summed E-state index contributed by atoms with van der Waals surface area (Å²) in [5.41, 5.74) is 0. The number of aliphatic hydroxyl groups excluding tert-OH is 1. The minimum atomic E-state index is -4.03. The van der Waals surface area contributed by atoms with E-state index >= 15 is 0 Å². The van der Waals surface area contributed by atoms with Gasteiger partial charge in [-0.05, 0) is 19.3 Å². The molecule has 0 heterocycles. The normalized spacial score (nSPS) is 13.3. The van der Waals surface area contributed by atoms with E-state index in [0.717, 1.165) is 32.1 Å². The summed E-state index contributed by atoms with van der Waals surface area (Å²) in [5.74, 6) is -0.261. The van der Waals surface area contributed by atoms with Crippen LogP contribution in [0.5, 0.6) is 0 Å². The van der Waals surface area contributed by atoms with Crippen LogP contribution in [0.15, 0.2) is 0 Å². The third-order valence-electron chi connectivity index (χ3n) is 2.15. The second kappa shape index (κ2) is 10.1. The standard InChI is InChI=1S/C9H20O4S.Na/c1-2-9(10)7-5-3-4-6-8-14(11,12)13;/h9-10H,2-8H2,1H3,(H,11,12,13);/q;+1/p-1. The van der Waals surface area contributed by atoms with Crippen LogP contribution in [0.1, 0.15) is 45.4 Å². The van der Waals surface area contributed by atoms with E-state index in [9.17, 15) is 18.1 Å². The zero-order valence-electron chi connectivity index (χ0n) is 9.61. The maximum absolute atomic E-state index is 10.2. The van der Waals surface area contributed by atoms with Gasteiger partial charge in [0.1, 0.15) is 0 Å². The molecule has 0 bridgehead atoms. The van der Waals surface area contributed by atoms with Crippen molar-refractivity contribution in [1.29, 1.82) is 0 Å². The molecule has 86 valence electrons. The molecule has 0 rings (SSSR count). The van der Waals surface area contributed by atoms with Gasteiger partial charge in [-0.25, -0.2) is 8.42 Å². The number of rotatable bonds is 8. The first-order valence-corrected chi connectivity index (χ1v) is 6.65. The molecule has 0 aliphatic carbocycles. The average Bonchev–Trinajstić information content (AvgIpc) is 2.08. The van der Waals surface area contributed by atoms with E-state index in [2.05, 4.69) is 0 Å². The van der Waals surface area contributed by atoms with Crippen molar-refractivity contribution in [3.8, 4) is 0 Å². The van der Waals surface area contributed by atoms with Gasteiger partial charge in [-0.3, -0.25) is 0 Å². The van der Waals surface area contributed by atoms with Crippen LogP contribution in [0.4, 0.5) is 0 Å². The van der Waals surface area contributed by atoms with Gasteiger partial charge in [0.05, 0.1) is 16.2 Å². The minimum Gasteiger partial charge on any atom is -0.748 e. The molecule has 0 radical (unpaired) electrons. The van der Waals surface area contributed by atoms with Crippen molar-refractivity contribution >= 4 is 10.1 Å². The Kier molecular flexibility index (Phi) is 12.2. The summed E-state index contributed by atoms with van der Waals surface area (Å²) in [7, 11) is -4.03. The van der Waals surface area contributed by atoms with Crippen LogP contribution < -0.4 is 29.6 Å². The summed E-state index contributed by atoms with van der Waals surface area (Å²) in [5, 5.41) is 9.20. The van der Waals surface area contributed by atoms with Gasteiger partial charge < -0.3 is 9.66 Å². The Morgan fingerprint density at radius 2 is 1.73 bits per heavy atom. The van der Waals surface area contributed by atoms with Gasteiger partial charge in [0.2, 0.25) is 0 Å². The molecule has 0 spiro atoms. The SMILES string of the molecule is CCC(O)CCCCCCS(=O)(=O)[O-].[Na+]. The van der Waals surface area contributed by atoms with Crippen molar-refractivity contribution in [1.82, 2.24) is 0 Å². The van der Waals surface area contributed by atoms with E-state index < -0.39 is 10.1 Å². The van der Waals surface area contributed by atoms with E-state index in [-0.39, 0.29) is 41.4 Å². The van der Waals surface area contributed by atoms with Gasteiger partial charge >= 0.3 is 29.6 Å². The topological polar surface area (TPSA) is 77.4 Å². The second-order valence-electron chi connectivity index (χ2n) is 3.53. The Balaban J connectivity index is 0. The maximum atomic E-state index is 10.2. The van der Waals surface area contributed by atoms with Crippen molar-refractivity contribution in [3.05, 3.63) is 0 Å². The number of aliphatic hydroxyl groups is 1. The van der Waals surface area contributed by atoms with Gasteiger partial charge in [0.25, 0.3) is 0 Å². The fourth-order valence-corrected chi connectivity index (χ4v) is 1.77. The summed E-state index contributed by atoms with van der Waals surface area (Å²) in [6.45, 7) is 1.93. The second-order valence-corrected chi connectivity index (χ2v) is 5.05. The van der Waals surface area contributed by atoms with Crippen molar-refractivity contribution < 1.29 is 47.6 Å². The van der Waals surface area contributed by atoms with Gasteiger partial charge in [-0.1, -0.05) is 26.2 Å². The van der Waals surface area contributed by atoms with Crippen LogP contribution in [-0.4, -0.2) is 29.9 Å². The number of hydrogen-bond acceptors (Lipinski definition) is 4. The Morgan fingerprint density at radius 3 is 2.20 bits per heavy atom. The van der Waals surface area contributed by atoms with Crippen LogP contribution in [0.2, 0.25) is 0 Å². The minimum absolute atomic E-state index is 0. The molecule has 0 saturated heterocycles. The molecule has 0 saturated carbocycles. The van der Waals surface area contributed by atoms with Crippen molar-refractivity contribution in [2.75, 3.05) is 5.75 Å². The maximum Gasteiger partial charge on any atom is 1.00 e. The first-order valence-electron chi connectivity index (χ1n) is 5.07. The molecule has 0 aliphatic rings. The number of unbranched alkanes of at least 4 members (excludes halogenated alkanes) is 3. The molecule has 4 nitrogen and oxygen atoms in total. The van der Waals surface area contributed by atoms with E-state index in [1.807, 2.05) is 6.92 Å². The molecule has 0 fully saturated rings. The van der Waals surface area contributed by atoms with Crippen LogP contribution in [0, 0.1) is 0 Å². The molecule has 1 atom stereocenters. The fraction of sp³-hybridized carbons (Fsp3) is 1.00.